The fourth-order valence-electron chi connectivity index (χ4n) is 1.80. The molecule has 0 bridgehead atoms. The number of benzene rings is 1. The quantitative estimate of drug-likeness (QED) is 0.812. The molecule has 0 amide bonds. The second-order valence-corrected chi connectivity index (χ2v) is 5.00. The zero-order chi connectivity index (χ0) is 12.3. The number of hydrogen-bond donors (Lipinski definition) is 0. The molecule has 1 heterocycles. The summed E-state index contributed by atoms with van der Waals surface area (Å²) in [5.74, 6) is 0. The van der Waals surface area contributed by atoms with Crippen LogP contribution in [0.15, 0.2) is 24.3 Å². The molecule has 17 heavy (non-hydrogen) atoms. The predicted molar refractivity (Wildman–Crippen MR) is 72.8 cm³/mol. The Hall–Kier alpha value is -1.35. The van der Waals surface area contributed by atoms with E-state index in [1.165, 1.54) is 17.5 Å². The normalized spacial score (nSPS) is 10.5. The van der Waals surface area contributed by atoms with E-state index in [1.54, 1.807) is 18.4 Å². The van der Waals surface area contributed by atoms with Crippen molar-refractivity contribution in [3.05, 3.63) is 35.5 Å². The van der Waals surface area contributed by atoms with Gasteiger partial charge in [0.05, 0.1) is 12.8 Å². The molecule has 2 aromatic rings. The summed E-state index contributed by atoms with van der Waals surface area (Å²) in [4.78, 5) is 4.52. The molecule has 0 fully saturated rings. The highest BCUT2D eigenvalue weighted by Crippen LogP contribution is 2.33. The highest BCUT2D eigenvalue weighted by atomic mass is 32.1. The third-order valence-electron chi connectivity index (χ3n) is 2.68. The first-order valence-electron chi connectivity index (χ1n) is 5.85. The van der Waals surface area contributed by atoms with E-state index in [0.29, 0.717) is 0 Å². The summed E-state index contributed by atoms with van der Waals surface area (Å²) < 4.78 is 5.27. The highest BCUT2D eigenvalue weighted by Gasteiger charge is 2.09. The first-order chi connectivity index (χ1) is 8.24. The first kappa shape index (κ1) is 12.1. The van der Waals surface area contributed by atoms with E-state index in [4.69, 9.17) is 4.74 Å². The molecule has 0 aliphatic rings. The number of methoxy groups -OCH3 is 1. The molecule has 0 saturated carbocycles. The average molecular weight is 247 g/mol. The zero-order valence-corrected chi connectivity index (χ0v) is 11.3. The van der Waals surface area contributed by atoms with E-state index in [2.05, 4.69) is 36.2 Å². The van der Waals surface area contributed by atoms with Gasteiger partial charge in [0.15, 0.2) is 5.06 Å². The lowest BCUT2D eigenvalue weighted by Crippen LogP contribution is -1.83. The minimum absolute atomic E-state index is 0.901. The van der Waals surface area contributed by atoms with Crippen molar-refractivity contribution < 1.29 is 4.74 Å². The Labute approximate surface area is 106 Å². The van der Waals surface area contributed by atoms with Crippen molar-refractivity contribution in [2.75, 3.05) is 7.11 Å². The number of nitrogens with zero attached hydrogens (tertiary/aromatic N) is 1. The Morgan fingerprint density at radius 3 is 2.47 bits per heavy atom. The lowest BCUT2D eigenvalue weighted by molar-refractivity contribution is 0.423. The molecule has 2 rings (SSSR count). The lowest BCUT2D eigenvalue weighted by Gasteiger charge is -2.00. The van der Waals surface area contributed by atoms with Crippen molar-refractivity contribution in [3.8, 4) is 15.6 Å². The molecule has 0 aliphatic heterocycles. The Balaban J connectivity index is 2.26. The molecule has 2 nitrogen and oxygen atoms in total. The molecule has 0 saturated heterocycles. The summed E-state index contributed by atoms with van der Waals surface area (Å²) >= 11 is 1.60. The van der Waals surface area contributed by atoms with Gasteiger partial charge in [0.2, 0.25) is 0 Å². The van der Waals surface area contributed by atoms with E-state index in [1.807, 2.05) is 6.92 Å². The Bertz CT molecular complexity index is 487. The topological polar surface area (TPSA) is 22.1 Å². The molecule has 0 unspecified atom stereocenters. The predicted octanol–water partition coefficient (Wildman–Crippen LogP) is 4.08. The van der Waals surface area contributed by atoms with E-state index in [9.17, 15) is 0 Å². The summed E-state index contributed by atoms with van der Waals surface area (Å²) in [5, 5.41) is 1.93. The molecular weight excluding hydrogens is 230 g/mol. The molecule has 0 spiro atoms. The van der Waals surface area contributed by atoms with Crippen LogP contribution in [0.5, 0.6) is 5.06 Å². The standard InChI is InChI=1S/C14H17NOS/c1-4-5-11-6-8-12(9-7-11)13-15-10(2)14(16-3)17-13/h6-9H,4-5H2,1-3H3. The maximum Gasteiger partial charge on any atom is 0.197 e. The van der Waals surface area contributed by atoms with Gasteiger partial charge in [0.25, 0.3) is 0 Å². The Morgan fingerprint density at radius 1 is 1.24 bits per heavy atom. The lowest BCUT2D eigenvalue weighted by atomic mass is 10.1. The van der Waals surface area contributed by atoms with Gasteiger partial charge in [-0.1, -0.05) is 48.9 Å². The largest absolute Gasteiger partial charge is 0.486 e. The minimum Gasteiger partial charge on any atom is -0.486 e. The second-order valence-electron chi connectivity index (χ2n) is 4.04. The molecule has 1 aromatic heterocycles. The van der Waals surface area contributed by atoms with Gasteiger partial charge in [-0.25, -0.2) is 4.98 Å². The summed E-state index contributed by atoms with van der Waals surface area (Å²) in [6.45, 7) is 4.17. The monoisotopic (exact) mass is 247 g/mol. The molecule has 0 aliphatic carbocycles. The summed E-state index contributed by atoms with van der Waals surface area (Å²) in [5.41, 5.74) is 3.52. The fourth-order valence-corrected chi connectivity index (χ4v) is 2.69. The number of ether oxygens (including phenoxy) is 1. The van der Waals surface area contributed by atoms with Gasteiger partial charge in [-0.2, -0.15) is 0 Å². The summed E-state index contributed by atoms with van der Waals surface area (Å²) in [7, 11) is 1.69. The maximum absolute atomic E-state index is 5.27. The van der Waals surface area contributed by atoms with Crippen LogP contribution in [0.25, 0.3) is 10.6 Å². The first-order valence-corrected chi connectivity index (χ1v) is 6.67. The van der Waals surface area contributed by atoms with E-state index in [0.717, 1.165) is 22.2 Å². The maximum atomic E-state index is 5.27. The van der Waals surface area contributed by atoms with Crippen molar-refractivity contribution >= 4 is 11.3 Å². The molecule has 3 heteroatoms. The number of hydrogen-bond acceptors (Lipinski definition) is 3. The molecule has 0 atom stereocenters. The van der Waals surface area contributed by atoms with E-state index < -0.39 is 0 Å². The van der Waals surface area contributed by atoms with Crippen molar-refractivity contribution in [1.82, 2.24) is 4.98 Å². The van der Waals surface area contributed by atoms with Crippen LogP contribution in [0.1, 0.15) is 24.6 Å². The van der Waals surface area contributed by atoms with Crippen LogP contribution >= 0.6 is 11.3 Å². The molecule has 0 N–H and O–H groups in total. The van der Waals surface area contributed by atoms with Crippen molar-refractivity contribution in [3.63, 3.8) is 0 Å². The van der Waals surface area contributed by atoms with Crippen LogP contribution in [0, 0.1) is 6.92 Å². The third-order valence-corrected chi connectivity index (χ3v) is 3.85. The smallest absolute Gasteiger partial charge is 0.197 e. The van der Waals surface area contributed by atoms with Gasteiger partial charge in [-0.05, 0) is 18.9 Å². The SMILES string of the molecule is CCCc1ccc(-c2nc(C)c(OC)s2)cc1. The molecular formula is C14H17NOS. The van der Waals surface area contributed by atoms with Crippen LogP contribution in [0.2, 0.25) is 0 Å². The van der Waals surface area contributed by atoms with Gasteiger partial charge in [-0.15, -0.1) is 0 Å². The van der Waals surface area contributed by atoms with E-state index >= 15 is 0 Å². The van der Waals surface area contributed by atoms with Crippen molar-refractivity contribution in [1.29, 1.82) is 0 Å². The molecule has 90 valence electrons. The van der Waals surface area contributed by atoms with Crippen LogP contribution in [0.4, 0.5) is 0 Å². The molecule has 1 aromatic carbocycles. The second kappa shape index (κ2) is 5.32. The van der Waals surface area contributed by atoms with Crippen LogP contribution in [0.3, 0.4) is 0 Å². The van der Waals surface area contributed by atoms with Crippen molar-refractivity contribution in [2.24, 2.45) is 0 Å². The number of thiazole rings is 1. The Kier molecular flexibility index (Phi) is 3.79. The zero-order valence-electron chi connectivity index (χ0n) is 10.5. The minimum atomic E-state index is 0.901. The summed E-state index contributed by atoms with van der Waals surface area (Å²) in [6.07, 6.45) is 2.32. The van der Waals surface area contributed by atoms with Gasteiger partial charge in [0.1, 0.15) is 5.01 Å². The van der Waals surface area contributed by atoms with Crippen LogP contribution in [-0.4, -0.2) is 12.1 Å². The van der Waals surface area contributed by atoms with E-state index in [-0.39, 0.29) is 0 Å². The number of rotatable bonds is 4. The number of aryl methyl sites for hydroxylation is 2. The molecule has 0 radical (unpaired) electrons. The van der Waals surface area contributed by atoms with Crippen molar-refractivity contribution in [2.45, 2.75) is 26.7 Å². The van der Waals surface area contributed by atoms with Crippen LogP contribution < -0.4 is 4.74 Å². The third kappa shape index (κ3) is 2.67. The van der Waals surface area contributed by atoms with Crippen LogP contribution in [-0.2, 0) is 6.42 Å². The highest BCUT2D eigenvalue weighted by molar-refractivity contribution is 7.17. The van der Waals surface area contributed by atoms with Gasteiger partial charge < -0.3 is 4.74 Å². The Morgan fingerprint density at radius 2 is 1.94 bits per heavy atom. The number of aromatic nitrogens is 1. The van der Waals surface area contributed by atoms with Gasteiger partial charge >= 0.3 is 0 Å². The van der Waals surface area contributed by atoms with Gasteiger partial charge in [-0.3, -0.25) is 0 Å². The fraction of sp³-hybridized carbons (Fsp3) is 0.357. The van der Waals surface area contributed by atoms with Gasteiger partial charge in [0, 0.05) is 5.56 Å². The average Bonchev–Trinajstić information content (AvgIpc) is 2.72. The summed E-state index contributed by atoms with van der Waals surface area (Å²) in [6, 6.07) is 8.65.